The molecule has 27 heavy (non-hydrogen) atoms. The molecule has 3 atom stereocenters. The molecule has 1 aliphatic carbocycles. The minimum Gasteiger partial charge on any atom is -0.493 e. The molecule has 2 aromatic rings. The van der Waals surface area contributed by atoms with Gasteiger partial charge in [-0.3, -0.25) is 9.36 Å². The van der Waals surface area contributed by atoms with Gasteiger partial charge in [0.25, 0.3) is 0 Å². The Balaban J connectivity index is 1.61. The van der Waals surface area contributed by atoms with E-state index in [0.29, 0.717) is 18.8 Å². The van der Waals surface area contributed by atoms with Crippen LogP contribution in [-0.2, 0) is 15.8 Å². The van der Waals surface area contributed by atoms with Gasteiger partial charge in [-0.1, -0.05) is 29.8 Å². The quantitative estimate of drug-likeness (QED) is 0.498. The van der Waals surface area contributed by atoms with Crippen LogP contribution < -0.4 is 10.1 Å². The molecule has 0 amide bonds. The summed E-state index contributed by atoms with van der Waals surface area (Å²) in [5.41, 5.74) is 2.32. The van der Waals surface area contributed by atoms with Crippen molar-refractivity contribution in [1.29, 1.82) is 0 Å². The number of hydrogen-bond donors (Lipinski definition) is 4. The van der Waals surface area contributed by atoms with Gasteiger partial charge in [0.2, 0.25) is 0 Å². The Labute approximate surface area is 156 Å². The van der Waals surface area contributed by atoms with Gasteiger partial charge in [-0.05, 0) is 18.6 Å². The molecule has 2 unspecified atom stereocenters. The fourth-order valence-corrected chi connectivity index (χ4v) is 3.76. The van der Waals surface area contributed by atoms with E-state index in [0.717, 1.165) is 5.56 Å². The number of aliphatic hydroxyl groups is 1. The summed E-state index contributed by atoms with van der Waals surface area (Å²) in [5, 5.41) is 12.0. The summed E-state index contributed by atoms with van der Waals surface area (Å²) in [6, 6.07) is 11.2. The maximum Gasteiger partial charge on any atom is 0.348 e. The Bertz CT molecular complexity index is 866. The first-order chi connectivity index (χ1) is 12.8. The zero-order valence-corrected chi connectivity index (χ0v) is 15.5. The van der Waals surface area contributed by atoms with Crippen LogP contribution in [0.1, 0.15) is 11.1 Å². The third-order valence-electron chi connectivity index (χ3n) is 4.36. The number of carbonyl (C=O) groups excluding carboxylic acids is 1. The first-order valence-corrected chi connectivity index (χ1v) is 10.1. The predicted octanol–water partition coefficient (Wildman–Crippen LogP) is 1.49. The Kier molecular flexibility index (Phi) is 5.62. The second-order valence-electron chi connectivity index (χ2n) is 6.51. The summed E-state index contributed by atoms with van der Waals surface area (Å²) < 4.78 is 17.3. The molecule has 1 saturated carbocycles. The van der Waals surface area contributed by atoms with Gasteiger partial charge in [0, 0.05) is 18.7 Å². The van der Waals surface area contributed by atoms with Crippen molar-refractivity contribution in [3.63, 3.8) is 0 Å². The van der Waals surface area contributed by atoms with Crippen LogP contribution >= 0.6 is 7.60 Å². The van der Waals surface area contributed by atoms with Crippen LogP contribution in [0.25, 0.3) is 0 Å². The minimum absolute atomic E-state index is 0.156. The van der Waals surface area contributed by atoms with Crippen molar-refractivity contribution < 1.29 is 29.0 Å². The second kappa shape index (κ2) is 7.78. The molecule has 144 valence electrons. The maximum atomic E-state index is 11.7. The molecule has 4 N–H and O–H groups in total. The van der Waals surface area contributed by atoms with E-state index in [-0.39, 0.29) is 5.82 Å². The van der Waals surface area contributed by atoms with E-state index >= 15 is 0 Å². The van der Waals surface area contributed by atoms with Crippen molar-refractivity contribution in [1.82, 2.24) is 4.98 Å². The first kappa shape index (κ1) is 19.5. The van der Waals surface area contributed by atoms with Crippen LogP contribution in [0.3, 0.4) is 0 Å². The maximum absolute atomic E-state index is 11.7. The number of aliphatic hydroxyl groups excluding tert-OH is 1. The average Bonchev–Trinajstić information content (AvgIpc) is 3.20. The highest BCUT2D eigenvalue weighted by atomic mass is 31.2. The number of carbonyl (C=O) groups is 1. The number of aryl methyl sites for hydroxylation is 1. The van der Waals surface area contributed by atoms with Gasteiger partial charge in [-0.2, -0.15) is 0 Å². The lowest BCUT2D eigenvalue weighted by molar-refractivity contribution is -0.113. The summed E-state index contributed by atoms with van der Waals surface area (Å²) in [6.07, 6.45) is 0.786. The number of nitrogens with zero attached hydrogens (tertiary/aromatic N) is 1. The molecular weight excluding hydrogens is 371 g/mol. The molecule has 1 heterocycles. The number of pyridine rings is 1. The first-order valence-electron chi connectivity index (χ1n) is 8.43. The van der Waals surface area contributed by atoms with Gasteiger partial charge in [0.05, 0.1) is 12.5 Å². The van der Waals surface area contributed by atoms with Gasteiger partial charge in [0.1, 0.15) is 23.5 Å². The third kappa shape index (κ3) is 4.93. The van der Waals surface area contributed by atoms with Crippen molar-refractivity contribution in [2.45, 2.75) is 25.2 Å². The number of aromatic nitrogens is 1. The summed E-state index contributed by atoms with van der Waals surface area (Å²) in [6.45, 7) is 2.44. The molecule has 1 aliphatic rings. The summed E-state index contributed by atoms with van der Waals surface area (Å²) >= 11 is 0. The molecule has 0 aliphatic heterocycles. The van der Waals surface area contributed by atoms with Crippen molar-refractivity contribution in [3.8, 4) is 5.75 Å². The Morgan fingerprint density at radius 3 is 2.52 bits per heavy atom. The van der Waals surface area contributed by atoms with E-state index in [4.69, 9.17) is 4.74 Å². The number of ketones is 1. The van der Waals surface area contributed by atoms with E-state index in [9.17, 15) is 24.3 Å². The van der Waals surface area contributed by atoms with Crippen LogP contribution in [-0.4, -0.2) is 44.2 Å². The van der Waals surface area contributed by atoms with E-state index in [1.807, 2.05) is 31.2 Å². The predicted molar refractivity (Wildman–Crippen MR) is 98.6 cm³/mol. The lowest BCUT2D eigenvalue weighted by atomic mass is 10.1. The second-order valence-corrected chi connectivity index (χ2v) is 8.25. The molecule has 0 bridgehead atoms. The average molecular weight is 392 g/mol. The lowest BCUT2D eigenvalue weighted by Gasteiger charge is -2.19. The van der Waals surface area contributed by atoms with Gasteiger partial charge in [-0.15, -0.1) is 0 Å². The number of ether oxygens (including phenoxy) is 1. The fraction of sp³-hybridized carbons (Fsp3) is 0.333. The fourth-order valence-electron chi connectivity index (χ4n) is 2.73. The number of benzene rings is 1. The molecule has 1 fully saturated rings. The van der Waals surface area contributed by atoms with E-state index in [2.05, 4.69) is 10.3 Å². The molecule has 1 aromatic carbocycles. The highest BCUT2D eigenvalue weighted by molar-refractivity contribution is 7.52. The Morgan fingerprint density at radius 2 is 1.93 bits per heavy atom. The van der Waals surface area contributed by atoms with Crippen LogP contribution in [0.15, 0.2) is 42.6 Å². The number of hydrogen-bond acceptors (Lipinski definition) is 6. The smallest absolute Gasteiger partial charge is 0.348 e. The Hall–Kier alpha value is -2.25. The molecule has 9 heteroatoms. The van der Waals surface area contributed by atoms with Gasteiger partial charge >= 0.3 is 7.60 Å². The van der Waals surface area contributed by atoms with E-state index in [1.54, 1.807) is 6.07 Å². The van der Waals surface area contributed by atoms with E-state index in [1.165, 1.54) is 17.8 Å². The van der Waals surface area contributed by atoms with Crippen LogP contribution in [0.4, 0.5) is 5.82 Å². The standard InChI is InChI=1S/C18H21N2O6P/c1-11-2-4-12(5-3-11)7-9-26-13-6-8-19-14(10-13)20-18(27(23,24)25)15-16(21)17(15)22/h2-6,8,10,15-16,18,21H,7,9H2,1H3,(H,19,20)(H2,23,24,25)/t15?,16-,18?/m0/s1. The highest BCUT2D eigenvalue weighted by Crippen LogP contribution is 2.50. The van der Waals surface area contributed by atoms with E-state index < -0.39 is 31.2 Å². The summed E-state index contributed by atoms with van der Waals surface area (Å²) in [7, 11) is -4.66. The highest BCUT2D eigenvalue weighted by Gasteiger charge is 2.58. The van der Waals surface area contributed by atoms with Crippen molar-refractivity contribution in [3.05, 3.63) is 53.7 Å². The lowest BCUT2D eigenvalue weighted by Crippen LogP contribution is -2.25. The van der Waals surface area contributed by atoms with Gasteiger partial charge < -0.3 is 24.9 Å². The largest absolute Gasteiger partial charge is 0.493 e. The monoisotopic (exact) mass is 392 g/mol. The van der Waals surface area contributed by atoms with Crippen LogP contribution in [0.2, 0.25) is 0 Å². The van der Waals surface area contributed by atoms with Crippen molar-refractivity contribution in [2.75, 3.05) is 11.9 Å². The summed E-state index contributed by atoms with van der Waals surface area (Å²) in [4.78, 5) is 34.3. The SMILES string of the molecule is Cc1ccc(CCOc2ccnc(NC(C3C(=O)[C@H]3O)P(=O)(O)O)c2)cc1. The topological polar surface area (TPSA) is 129 Å². The molecule has 8 nitrogen and oxygen atoms in total. The number of rotatable bonds is 8. The zero-order chi connectivity index (χ0) is 19.6. The number of nitrogens with one attached hydrogen (secondary N) is 1. The zero-order valence-electron chi connectivity index (χ0n) is 14.6. The third-order valence-corrected chi connectivity index (χ3v) is 5.54. The number of Topliss-reactive ketones (excluding diaryl/α,β-unsaturated/α-hetero) is 1. The Morgan fingerprint density at radius 1 is 1.26 bits per heavy atom. The van der Waals surface area contributed by atoms with Crippen LogP contribution in [0, 0.1) is 12.8 Å². The summed E-state index contributed by atoms with van der Waals surface area (Å²) in [5.74, 6) is -2.62. The molecule has 3 rings (SSSR count). The van der Waals surface area contributed by atoms with Crippen molar-refractivity contribution in [2.24, 2.45) is 5.92 Å². The molecule has 0 spiro atoms. The molecule has 0 radical (unpaired) electrons. The van der Waals surface area contributed by atoms with Gasteiger partial charge in [0.15, 0.2) is 5.78 Å². The molecular formula is C18H21N2O6P. The van der Waals surface area contributed by atoms with Gasteiger partial charge in [-0.25, -0.2) is 4.98 Å². The molecule has 1 aromatic heterocycles. The molecule has 0 saturated heterocycles. The van der Waals surface area contributed by atoms with Crippen molar-refractivity contribution >= 4 is 19.2 Å². The minimum atomic E-state index is -4.66. The normalized spacial score (nSPS) is 20.2. The number of anilines is 1. The van der Waals surface area contributed by atoms with Crippen LogP contribution in [0.5, 0.6) is 5.75 Å².